The number of para-hydroxylation sites is 4. The van der Waals surface area contributed by atoms with Gasteiger partial charge >= 0.3 is 0 Å². The van der Waals surface area contributed by atoms with Gasteiger partial charge in [0, 0.05) is 32.3 Å². The molecule has 2 nitrogen and oxygen atoms in total. The van der Waals surface area contributed by atoms with E-state index in [2.05, 4.69) is 154 Å². The summed E-state index contributed by atoms with van der Waals surface area (Å²) in [6.45, 7) is 0. The van der Waals surface area contributed by atoms with E-state index in [4.69, 9.17) is 0 Å². The van der Waals surface area contributed by atoms with Gasteiger partial charge in [0.15, 0.2) is 0 Å². The maximum Gasteiger partial charge on any atom is 0.0796 e. The lowest BCUT2D eigenvalue weighted by molar-refractivity contribution is 1.26. The molecular formula is C40H24N2. The minimum atomic E-state index is 1.22. The fraction of sp³-hybridized carbons (Fsp3) is 0. The van der Waals surface area contributed by atoms with Gasteiger partial charge < -0.3 is 8.80 Å². The molecule has 42 heavy (non-hydrogen) atoms. The van der Waals surface area contributed by atoms with Crippen molar-refractivity contribution in [3.8, 4) is 22.3 Å². The van der Waals surface area contributed by atoms with Crippen molar-refractivity contribution in [1.29, 1.82) is 0 Å². The summed E-state index contributed by atoms with van der Waals surface area (Å²) in [5.74, 6) is 0. The van der Waals surface area contributed by atoms with Gasteiger partial charge in [-0.05, 0) is 46.5 Å². The Morgan fingerprint density at radius 2 is 0.643 bits per heavy atom. The second-order valence-corrected chi connectivity index (χ2v) is 11.3. The highest BCUT2D eigenvalue weighted by molar-refractivity contribution is 6.40. The Morgan fingerprint density at radius 3 is 1.07 bits per heavy atom. The molecule has 10 aromatic rings. The maximum atomic E-state index is 2.52. The normalized spacial score (nSPS) is 12.3. The third kappa shape index (κ3) is 2.65. The first-order valence-corrected chi connectivity index (χ1v) is 14.6. The first kappa shape index (κ1) is 22.1. The van der Waals surface area contributed by atoms with Gasteiger partial charge in [0.1, 0.15) is 0 Å². The molecule has 0 unspecified atom stereocenters. The lowest BCUT2D eigenvalue weighted by Crippen LogP contribution is -1.98. The Bertz CT molecular complexity index is 2470. The highest BCUT2D eigenvalue weighted by Crippen LogP contribution is 2.51. The molecule has 0 fully saturated rings. The SMILES string of the molecule is c1ccc(-c2ccc(-c3ccccc3)c3c2c2c4ccccc4n4c5ccccc5n5c6ccccc6c3c5c24)cc1. The van der Waals surface area contributed by atoms with Crippen LogP contribution in [0.1, 0.15) is 0 Å². The highest BCUT2D eigenvalue weighted by atomic mass is 15.0. The molecule has 0 atom stereocenters. The summed E-state index contributed by atoms with van der Waals surface area (Å²) < 4.78 is 5.04. The Kier molecular flexibility index (Phi) is 4.21. The van der Waals surface area contributed by atoms with E-state index in [1.54, 1.807) is 0 Å². The molecular weight excluding hydrogens is 508 g/mol. The van der Waals surface area contributed by atoms with Crippen LogP contribution in [-0.4, -0.2) is 8.80 Å². The minimum Gasteiger partial charge on any atom is -0.305 e. The van der Waals surface area contributed by atoms with Crippen molar-refractivity contribution in [2.45, 2.75) is 0 Å². The number of rotatable bonds is 2. The van der Waals surface area contributed by atoms with Crippen molar-refractivity contribution in [1.82, 2.24) is 8.80 Å². The van der Waals surface area contributed by atoms with Gasteiger partial charge in [0.2, 0.25) is 0 Å². The summed E-state index contributed by atoms with van der Waals surface area (Å²) in [5.41, 5.74) is 12.5. The van der Waals surface area contributed by atoms with Crippen molar-refractivity contribution in [3.63, 3.8) is 0 Å². The van der Waals surface area contributed by atoms with Crippen LogP contribution in [-0.2, 0) is 0 Å². The topological polar surface area (TPSA) is 8.82 Å². The van der Waals surface area contributed by atoms with Gasteiger partial charge in [-0.25, -0.2) is 0 Å². The molecule has 0 saturated heterocycles. The number of hydrogen-bond acceptors (Lipinski definition) is 0. The molecule has 0 N–H and O–H groups in total. The van der Waals surface area contributed by atoms with Crippen LogP contribution in [0, 0.1) is 0 Å². The van der Waals surface area contributed by atoms with Crippen molar-refractivity contribution in [2.24, 2.45) is 0 Å². The average Bonchev–Trinajstić information content (AvgIpc) is 3.59. The zero-order valence-corrected chi connectivity index (χ0v) is 22.8. The molecule has 0 aliphatic heterocycles. The van der Waals surface area contributed by atoms with Gasteiger partial charge in [-0.15, -0.1) is 0 Å². The lowest BCUT2D eigenvalue weighted by Gasteiger charge is -2.17. The van der Waals surface area contributed by atoms with Crippen LogP contribution in [0.4, 0.5) is 0 Å². The number of nitrogens with zero attached hydrogens (tertiary/aromatic N) is 2. The number of aromatic nitrogens is 2. The molecule has 3 aromatic heterocycles. The van der Waals surface area contributed by atoms with E-state index < -0.39 is 0 Å². The van der Waals surface area contributed by atoms with Gasteiger partial charge in [0.25, 0.3) is 0 Å². The fourth-order valence-electron chi connectivity index (χ4n) is 7.62. The first-order chi connectivity index (χ1) is 20.9. The average molecular weight is 533 g/mol. The molecule has 0 aliphatic carbocycles. The number of hydrogen-bond donors (Lipinski definition) is 0. The van der Waals surface area contributed by atoms with Gasteiger partial charge in [-0.1, -0.05) is 121 Å². The third-order valence-electron chi connectivity index (χ3n) is 9.21. The van der Waals surface area contributed by atoms with Gasteiger partial charge in [-0.2, -0.15) is 0 Å². The van der Waals surface area contributed by atoms with Crippen LogP contribution >= 0.6 is 0 Å². The Morgan fingerprint density at radius 1 is 0.286 bits per heavy atom. The molecule has 7 aromatic carbocycles. The summed E-state index contributed by atoms with van der Waals surface area (Å²) in [6.07, 6.45) is 0. The van der Waals surface area contributed by atoms with E-state index in [1.165, 1.54) is 87.7 Å². The summed E-state index contributed by atoms with van der Waals surface area (Å²) in [4.78, 5) is 0. The predicted molar refractivity (Wildman–Crippen MR) is 178 cm³/mol. The second kappa shape index (κ2) is 7.99. The Labute approximate surface area is 241 Å². The van der Waals surface area contributed by atoms with Gasteiger partial charge in [-0.3, -0.25) is 0 Å². The van der Waals surface area contributed by atoms with Crippen molar-refractivity contribution >= 4 is 65.4 Å². The molecule has 10 rings (SSSR count). The maximum absolute atomic E-state index is 2.52. The van der Waals surface area contributed by atoms with Crippen molar-refractivity contribution < 1.29 is 0 Å². The molecule has 0 saturated carbocycles. The Hall–Kier alpha value is -5.60. The van der Waals surface area contributed by atoms with Crippen molar-refractivity contribution in [2.75, 3.05) is 0 Å². The van der Waals surface area contributed by atoms with Crippen LogP contribution < -0.4 is 0 Å². The standard InChI is InChI=1S/C40H24N2/c1-3-13-25(14-4-1)27-23-24-28(26-15-5-2-6-16-26)36-35(27)37-29-17-7-9-19-31(29)41-33-21-11-12-22-34(33)42-32-20-10-8-18-30(32)38(36)40(42)39(37)41/h1-24H. The first-order valence-electron chi connectivity index (χ1n) is 14.6. The molecule has 0 aliphatic rings. The minimum absolute atomic E-state index is 1.22. The van der Waals surface area contributed by atoms with Gasteiger partial charge in [0.05, 0.1) is 33.1 Å². The van der Waals surface area contributed by atoms with Crippen LogP contribution in [0.5, 0.6) is 0 Å². The predicted octanol–water partition coefficient (Wildman–Crippen LogP) is 10.7. The van der Waals surface area contributed by atoms with Crippen LogP contribution in [0.2, 0.25) is 0 Å². The summed E-state index contributed by atoms with van der Waals surface area (Å²) in [6, 6.07) is 53.2. The van der Waals surface area contributed by atoms with E-state index in [-0.39, 0.29) is 0 Å². The molecule has 194 valence electrons. The van der Waals surface area contributed by atoms with E-state index in [0.29, 0.717) is 0 Å². The summed E-state index contributed by atoms with van der Waals surface area (Å²) in [5, 5.41) is 7.86. The molecule has 0 bridgehead atoms. The Balaban J connectivity index is 1.65. The lowest BCUT2D eigenvalue weighted by atomic mass is 9.87. The van der Waals surface area contributed by atoms with E-state index in [9.17, 15) is 0 Å². The van der Waals surface area contributed by atoms with E-state index in [1.807, 2.05) is 0 Å². The largest absolute Gasteiger partial charge is 0.305 e. The molecule has 3 heterocycles. The molecule has 0 spiro atoms. The summed E-state index contributed by atoms with van der Waals surface area (Å²) >= 11 is 0. The van der Waals surface area contributed by atoms with Crippen molar-refractivity contribution in [3.05, 3.63) is 146 Å². The smallest absolute Gasteiger partial charge is 0.0796 e. The fourth-order valence-corrected chi connectivity index (χ4v) is 7.62. The van der Waals surface area contributed by atoms with Crippen LogP contribution in [0.3, 0.4) is 0 Å². The molecule has 0 amide bonds. The summed E-state index contributed by atoms with van der Waals surface area (Å²) in [7, 11) is 0. The zero-order chi connectivity index (χ0) is 27.4. The van der Waals surface area contributed by atoms with Crippen LogP contribution in [0.25, 0.3) is 87.7 Å². The zero-order valence-electron chi connectivity index (χ0n) is 22.8. The molecule has 2 heteroatoms. The number of fused-ring (bicyclic) bond motifs is 12. The molecule has 0 radical (unpaired) electrons. The van der Waals surface area contributed by atoms with Crippen LogP contribution in [0.15, 0.2) is 146 Å². The quantitative estimate of drug-likeness (QED) is 0.196. The van der Waals surface area contributed by atoms with E-state index >= 15 is 0 Å². The monoisotopic (exact) mass is 532 g/mol. The van der Waals surface area contributed by atoms with E-state index in [0.717, 1.165) is 0 Å². The third-order valence-corrected chi connectivity index (χ3v) is 9.21. The highest BCUT2D eigenvalue weighted by Gasteiger charge is 2.27. The second-order valence-electron chi connectivity index (χ2n) is 11.3. The number of benzene rings is 7.